The Labute approximate surface area is 223 Å². The molecule has 196 valence electrons. The summed E-state index contributed by atoms with van der Waals surface area (Å²) in [5, 5.41) is 6.68. The number of anilines is 2. The van der Waals surface area contributed by atoms with E-state index in [1.54, 1.807) is 18.3 Å². The fraction of sp³-hybridized carbons (Fsp3) is 0.200. The second-order valence-corrected chi connectivity index (χ2v) is 10.5. The van der Waals surface area contributed by atoms with Gasteiger partial charge in [0, 0.05) is 37.2 Å². The number of ether oxygens (including phenoxy) is 1. The van der Waals surface area contributed by atoms with Crippen molar-refractivity contribution in [2.45, 2.75) is 23.8 Å². The van der Waals surface area contributed by atoms with Gasteiger partial charge in [0.1, 0.15) is 10.6 Å². The molecular formula is C25H23ClFN7O3S. The fourth-order valence-electron chi connectivity index (χ4n) is 3.91. The Hall–Kier alpha value is -3.87. The molecule has 1 aliphatic rings. The molecule has 0 amide bonds. The Morgan fingerprint density at radius 3 is 2.68 bits per heavy atom. The molecular weight excluding hydrogens is 533 g/mol. The van der Waals surface area contributed by atoms with Crippen LogP contribution in [0.15, 0.2) is 72.0 Å². The minimum atomic E-state index is -4.11. The minimum Gasteiger partial charge on any atom is -0.437 e. The number of hydrogen-bond acceptors (Lipinski definition) is 9. The maximum Gasteiger partial charge on any atom is 0.263 e. The lowest BCUT2D eigenvalue weighted by atomic mass is 10.1. The molecule has 0 radical (unpaired) electrons. The first kappa shape index (κ1) is 25.8. The molecule has 2 aromatic heterocycles. The highest BCUT2D eigenvalue weighted by atomic mass is 35.5. The van der Waals surface area contributed by atoms with Gasteiger partial charge in [-0.2, -0.15) is 0 Å². The molecule has 0 bridgehead atoms. The molecule has 2 aromatic carbocycles. The Bertz CT molecular complexity index is 1550. The molecule has 3 heterocycles. The molecule has 1 saturated heterocycles. The van der Waals surface area contributed by atoms with Crippen molar-refractivity contribution in [2.24, 2.45) is 0 Å². The van der Waals surface area contributed by atoms with Gasteiger partial charge >= 0.3 is 0 Å². The van der Waals surface area contributed by atoms with Gasteiger partial charge < -0.3 is 15.4 Å². The quantitative estimate of drug-likeness (QED) is 0.288. The van der Waals surface area contributed by atoms with Crippen molar-refractivity contribution >= 4 is 33.3 Å². The Balaban J connectivity index is 1.35. The maximum atomic E-state index is 14.9. The molecule has 1 aliphatic heterocycles. The average Bonchev–Trinajstić information content (AvgIpc) is 2.91. The molecule has 4 aromatic rings. The van der Waals surface area contributed by atoms with Crippen LogP contribution in [0.3, 0.4) is 0 Å². The summed E-state index contributed by atoms with van der Waals surface area (Å²) in [5.74, 6) is -0.210. The van der Waals surface area contributed by atoms with Crippen molar-refractivity contribution in [1.82, 2.24) is 25.3 Å². The van der Waals surface area contributed by atoms with Crippen LogP contribution in [-0.4, -0.2) is 47.5 Å². The first-order valence-electron chi connectivity index (χ1n) is 11.8. The van der Waals surface area contributed by atoms with Gasteiger partial charge in [0.15, 0.2) is 11.5 Å². The summed E-state index contributed by atoms with van der Waals surface area (Å²) in [7, 11) is -4.11. The second kappa shape index (κ2) is 11.3. The number of piperidine rings is 1. The Morgan fingerprint density at radius 1 is 1.05 bits per heavy atom. The lowest BCUT2D eigenvalue weighted by Crippen LogP contribution is -2.38. The van der Waals surface area contributed by atoms with E-state index in [0.29, 0.717) is 17.3 Å². The third-order valence-corrected chi connectivity index (χ3v) is 7.58. The fourth-order valence-corrected chi connectivity index (χ4v) is 5.50. The average molecular weight is 556 g/mol. The van der Waals surface area contributed by atoms with Gasteiger partial charge in [-0.05, 0) is 49.7 Å². The number of nitrogens with zero attached hydrogens (tertiary/aromatic N) is 4. The summed E-state index contributed by atoms with van der Waals surface area (Å²) < 4.78 is 48.3. The lowest BCUT2D eigenvalue weighted by Gasteiger charge is -2.23. The highest BCUT2D eigenvalue weighted by molar-refractivity contribution is 7.92. The van der Waals surface area contributed by atoms with E-state index in [1.807, 2.05) is 0 Å². The summed E-state index contributed by atoms with van der Waals surface area (Å²) in [6, 6.07) is 11.5. The van der Waals surface area contributed by atoms with Gasteiger partial charge in [0.25, 0.3) is 10.0 Å². The van der Waals surface area contributed by atoms with Crippen molar-refractivity contribution < 1.29 is 17.5 Å². The monoisotopic (exact) mass is 555 g/mol. The van der Waals surface area contributed by atoms with Crippen LogP contribution >= 0.6 is 11.6 Å². The maximum absolute atomic E-state index is 14.9. The zero-order valence-electron chi connectivity index (χ0n) is 19.9. The highest BCUT2D eigenvalue weighted by Gasteiger charge is 2.20. The smallest absolute Gasteiger partial charge is 0.263 e. The van der Waals surface area contributed by atoms with Crippen LogP contribution in [0.4, 0.5) is 16.0 Å². The molecule has 38 heavy (non-hydrogen) atoms. The van der Waals surface area contributed by atoms with Crippen LogP contribution < -0.4 is 20.1 Å². The molecule has 10 nitrogen and oxygen atoms in total. The first-order chi connectivity index (χ1) is 18.4. The Morgan fingerprint density at radius 2 is 1.89 bits per heavy atom. The van der Waals surface area contributed by atoms with E-state index in [9.17, 15) is 12.8 Å². The molecule has 0 aliphatic carbocycles. The van der Waals surface area contributed by atoms with Gasteiger partial charge in [-0.3, -0.25) is 4.72 Å². The Kier molecular flexibility index (Phi) is 7.63. The predicted octanol–water partition coefficient (Wildman–Crippen LogP) is 4.48. The summed E-state index contributed by atoms with van der Waals surface area (Å²) in [6.07, 6.45) is 6.62. The summed E-state index contributed by atoms with van der Waals surface area (Å²) in [6.45, 7) is 1.82. The van der Waals surface area contributed by atoms with E-state index in [4.69, 9.17) is 16.3 Å². The van der Waals surface area contributed by atoms with Gasteiger partial charge in [0.05, 0.1) is 16.4 Å². The van der Waals surface area contributed by atoms with Crippen molar-refractivity contribution in [3.63, 3.8) is 0 Å². The highest BCUT2D eigenvalue weighted by Crippen LogP contribution is 2.31. The number of hydrogen-bond donors (Lipinski definition) is 3. The van der Waals surface area contributed by atoms with Gasteiger partial charge in [0.2, 0.25) is 11.8 Å². The molecule has 1 atom stereocenters. The van der Waals surface area contributed by atoms with E-state index in [1.165, 1.54) is 42.7 Å². The molecule has 5 rings (SSSR count). The first-order valence-corrected chi connectivity index (χ1v) is 13.6. The second-order valence-electron chi connectivity index (χ2n) is 8.44. The van der Waals surface area contributed by atoms with Crippen LogP contribution in [0.25, 0.3) is 11.4 Å². The van der Waals surface area contributed by atoms with Gasteiger partial charge in [-0.25, -0.2) is 32.7 Å². The standard InChI is InChI=1S/C25H23ClFN7O3S/c26-18-5-1-2-6-22(18)38(35,36)34-20-8-7-17(14-19(20)27)37-24-23(29-12-13-30-24)21-9-11-31-25(33-21)32-16-4-3-10-28-15-16/h1-2,5-9,11-14,16,28,34H,3-4,10,15H2,(H,31,32,33)/t16-/m0/s1. The summed E-state index contributed by atoms with van der Waals surface area (Å²) >= 11 is 5.99. The van der Waals surface area contributed by atoms with Gasteiger partial charge in [-0.15, -0.1) is 0 Å². The van der Waals surface area contributed by atoms with Crippen LogP contribution in [0.2, 0.25) is 5.02 Å². The van der Waals surface area contributed by atoms with Crippen LogP contribution in [0.1, 0.15) is 12.8 Å². The van der Waals surface area contributed by atoms with Crippen molar-refractivity contribution in [3.05, 3.63) is 78.0 Å². The topological polar surface area (TPSA) is 131 Å². The third kappa shape index (κ3) is 5.98. The van der Waals surface area contributed by atoms with Crippen LogP contribution in [0.5, 0.6) is 11.6 Å². The molecule has 0 saturated carbocycles. The normalized spacial score (nSPS) is 15.6. The van der Waals surface area contributed by atoms with Crippen molar-refractivity contribution in [3.8, 4) is 23.0 Å². The number of sulfonamides is 1. The molecule has 0 spiro atoms. The number of rotatable bonds is 8. The largest absolute Gasteiger partial charge is 0.437 e. The molecule has 1 fully saturated rings. The number of halogens is 2. The molecule has 0 unspecified atom stereocenters. The zero-order valence-corrected chi connectivity index (χ0v) is 21.5. The number of benzene rings is 2. The van der Waals surface area contributed by atoms with E-state index < -0.39 is 15.8 Å². The molecule has 3 N–H and O–H groups in total. The summed E-state index contributed by atoms with van der Waals surface area (Å²) in [4.78, 5) is 17.3. The van der Waals surface area contributed by atoms with E-state index in [-0.39, 0.29) is 33.3 Å². The van der Waals surface area contributed by atoms with Gasteiger partial charge in [-0.1, -0.05) is 23.7 Å². The van der Waals surface area contributed by atoms with Crippen LogP contribution in [-0.2, 0) is 10.0 Å². The van der Waals surface area contributed by atoms with Crippen LogP contribution in [0, 0.1) is 5.82 Å². The number of aromatic nitrogens is 4. The molecule has 13 heteroatoms. The summed E-state index contributed by atoms with van der Waals surface area (Å²) in [5.41, 5.74) is 0.544. The van der Waals surface area contributed by atoms with Crippen molar-refractivity contribution in [2.75, 3.05) is 23.1 Å². The SMILES string of the molecule is O=S(=O)(Nc1ccc(Oc2nccnc2-c2ccnc(N[C@H]3CCCNC3)n2)cc1F)c1ccccc1Cl. The van der Waals surface area contributed by atoms with Crippen molar-refractivity contribution in [1.29, 1.82) is 0 Å². The lowest BCUT2D eigenvalue weighted by molar-refractivity contribution is 0.457. The van der Waals surface area contributed by atoms with E-state index in [0.717, 1.165) is 32.0 Å². The predicted molar refractivity (Wildman–Crippen MR) is 141 cm³/mol. The zero-order chi connectivity index (χ0) is 26.5. The minimum absolute atomic E-state index is 0.0222. The van der Waals surface area contributed by atoms with E-state index >= 15 is 0 Å². The third-order valence-electron chi connectivity index (χ3n) is 5.72. The number of nitrogens with one attached hydrogen (secondary N) is 3. The van der Waals surface area contributed by atoms with E-state index in [2.05, 4.69) is 35.3 Å².